The molecule has 10 aromatic rings. The normalized spacial score (nSPS) is 14.4. The summed E-state index contributed by atoms with van der Waals surface area (Å²) in [4.78, 5) is 23.8. The number of nitrogens with zero attached hydrogens (tertiary/aromatic N) is 7. The fourth-order valence-corrected chi connectivity index (χ4v) is 8.49. The van der Waals surface area contributed by atoms with Gasteiger partial charge in [-0.25, -0.2) is 29.9 Å². The fraction of sp³-hybridized carbons (Fsp3) is 0.235. The second kappa shape index (κ2) is 18.9. The Kier molecular flexibility index (Phi) is 13.3. The zero-order valence-corrected chi connectivity index (χ0v) is 40.7. The molecule has 86 heavy (non-hydrogen) atoms. The Morgan fingerprint density at radius 1 is 0.279 bits per heavy atom. The van der Waals surface area contributed by atoms with Gasteiger partial charge in [0, 0.05) is 49.8 Å². The second-order valence-corrected chi connectivity index (χ2v) is 18.6. The topological polar surface area (TPSA) is 117 Å². The van der Waals surface area contributed by atoms with Gasteiger partial charge in [0.05, 0.1) is 0 Å². The minimum absolute atomic E-state index is 0.0520. The Bertz CT molecular complexity index is 4120. The van der Waals surface area contributed by atoms with Gasteiger partial charge in [-0.3, -0.25) is 4.98 Å². The molecule has 0 radical (unpaired) electrons. The predicted molar refractivity (Wildman–Crippen MR) is 244 cm³/mol. The molecule has 9 nitrogen and oxygen atoms in total. The number of alkyl halides is 26. The van der Waals surface area contributed by atoms with Crippen LogP contribution in [0.15, 0.2) is 124 Å². The number of furan rings is 2. The molecule has 0 bridgehead atoms. The molecule has 0 aliphatic heterocycles. The zero-order valence-electron chi connectivity index (χ0n) is 40.7. The summed E-state index contributed by atoms with van der Waals surface area (Å²) in [6, 6.07) is 25.7. The van der Waals surface area contributed by atoms with Crippen molar-refractivity contribution < 1.29 is 123 Å². The fourth-order valence-electron chi connectivity index (χ4n) is 8.49. The lowest BCUT2D eigenvalue weighted by atomic mass is 9.92. The molecule has 0 atom stereocenters. The van der Waals surface area contributed by atoms with Crippen molar-refractivity contribution in [3.63, 3.8) is 0 Å². The van der Waals surface area contributed by atoms with Gasteiger partial charge in [0.25, 0.3) is 0 Å². The Balaban J connectivity index is 1.12. The Morgan fingerprint density at radius 2 is 0.628 bits per heavy atom. The van der Waals surface area contributed by atoms with E-state index in [4.69, 9.17) is 8.83 Å². The molecule has 452 valence electrons. The summed E-state index contributed by atoms with van der Waals surface area (Å²) < 4.78 is 383. The van der Waals surface area contributed by atoms with Crippen LogP contribution >= 0.6 is 0 Å². The van der Waals surface area contributed by atoms with Crippen LogP contribution in [-0.2, 0) is 11.8 Å². The molecule has 35 heteroatoms. The Labute approximate surface area is 456 Å². The van der Waals surface area contributed by atoms with Gasteiger partial charge in [0.15, 0.2) is 23.3 Å². The first-order chi connectivity index (χ1) is 39.4. The molecular weight excluding hydrogens is 1240 g/mol. The summed E-state index contributed by atoms with van der Waals surface area (Å²) >= 11 is 0. The monoisotopic (exact) mass is 1260 g/mol. The number of pyridine rings is 1. The molecule has 0 N–H and O–H groups in total. The molecule has 0 fully saturated rings. The molecule has 0 saturated carbocycles. The quantitative estimate of drug-likeness (QED) is 0.0981. The molecule has 5 heterocycles. The lowest BCUT2D eigenvalue weighted by Crippen LogP contribution is -2.70. The van der Waals surface area contributed by atoms with Crippen LogP contribution in [0.25, 0.3) is 100 Å². The summed E-state index contributed by atoms with van der Waals surface area (Å²) in [5.74, 6) is -96.7. The molecule has 5 aromatic carbocycles. The van der Waals surface area contributed by atoms with E-state index >= 15 is 35.1 Å². The van der Waals surface area contributed by atoms with Gasteiger partial charge in [-0.05, 0) is 66.0 Å². The van der Waals surface area contributed by atoms with E-state index < -0.39 is 100 Å². The highest BCUT2D eigenvalue weighted by Crippen LogP contribution is 2.64. The zero-order chi connectivity index (χ0) is 63.3. The number of hydrogen-bond acceptors (Lipinski definition) is 9. The third kappa shape index (κ3) is 8.65. The van der Waals surface area contributed by atoms with E-state index in [2.05, 4.69) is 29.9 Å². The third-order valence-corrected chi connectivity index (χ3v) is 13.2. The van der Waals surface area contributed by atoms with Gasteiger partial charge >= 0.3 is 71.6 Å². The van der Waals surface area contributed by atoms with E-state index in [0.29, 0.717) is 79.4 Å². The second-order valence-electron chi connectivity index (χ2n) is 18.6. The Hall–Kier alpha value is -8.69. The highest BCUT2D eigenvalue weighted by molar-refractivity contribution is 6.07. The van der Waals surface area contributed by atoms with Crippen molar-refractivity contribution in [3.05, 3.63) is 127 Å². The number of rotatable bonds is 14. The summed E-state index contributed by atoms with van der Waals surface area (Å²) in [6.07, 6.45) is -15.4. The summed E-state index contributed by atoms with van der Waals surface area (Å²) in [5, 5.41) is 1.68. The van der Waals surface area contributed by atoms with E-state index in [1.807, 2.05) is 0 Å². The minimum Gasteiger partial charge on any atom is -0.456 e. The van der Waals surface area contributed by atoms with Crippen molar-refractivity contribution >= 4 is 54.6 Å². The summed E-state index contributed by atoms with van der Waals surface area (Å²) in [7, 11) is 0. The molecule has 0 amide bonds. The average molecular weight is 1260 g/mol. The van der Waals surface area contributed by atoms with Crippen molar-refractivity contribution in [2.45, 2.75) is 71.6 Å². The van der Waals surface area contributed by atoms with Crippen molar-refractivity contribution in [1.29, 1.82) is 0 Å². The molecule has 0 spiro atoms. The first-order valence-electron chi connectivity index (χ1n) is 23.1. The van der Waals surface area contributed by atoms with Crippen LogP contribution in [-0.4, -0.2) is 94.6 Å². The lowest BCUT2D eigenvalue weighted by molar-refractivity contribution is -0.443. The van der Waals surface area contributed by atoms with Gasteiger partial charge < -0.3 is 8.83 Å². The van der Waals surface area contributed by atoms with Gasteiger partial charge in [0.1, 0.15) is 28.0 Å². The van der Waals surface area contributed by atoms with Crippen LogP contribution < -0.4 is 0 Å². The number of para-hydroxylation sites is 2. The van der Waals surface area contributed by atoms with E-state index in [-0.39, 0.29) is 28.6 Å². The molecule has 10 rings (SSSR count). The summed E-state index contributed by atoms with van der Waals surface area (Å²) in [5.41, 5.74) is 0.767. The Morgan fingerprint density at radius 3 is 1.05 bits per heavy atom. The van der Waals surface area contributed by atoms with E-state index in [0.717, 1.165) is 6.07 Å². The first-order valence-corrected chi connectivity index (χ1v) is 23.1. The van der Waals surface area contributed by atoms with Crippen LogP contribution in [0, 0.1) is 0 Å². The average Bonchev–Trinajstić information content (AvgIpc) is 0.907. The lowest BCUT2D eigenvalue weighted by Gasteiger charge is -2.40. The molecule has 5 aromatic heterocycles. The highest BCUT2D eigenvalue weighted by Gasteiger charge is 2.93. The number of hydrogen-bond donors (Lipinski definition) is 0. The standard InChI is InChI=1S/C51H19F26N7O2/c52-40(53,42(56,57)44(60,61)46(64,65)48(68,69)50(72,73)74)38-82-36(83-39(84-38)41(54,55)43(58,59)45(62,63)47(66,67)49(70,71)51(75,76)77)21-10-9-20-18-29(78-19-24(20)15-21)37-80-34(22-11-13-32-27(16-22)25-5-1-3-7-30(25)85-32)79-35(81-37)23-12-14-33-28(17-23)26-6-2-4-8-31(26)86-33/h1-19H. The van der Waals surface area contributed by atoms with Crippen LogP contribution in [0.2, 0.25) is 0 Å². The molecule has 0 aliphatic carbocycles. The molecule has 0 aliphatic rings. The van der Waals surface area contributed by atoms with Gasteiger partial charge in [0.2, 0.25) is 11.6 Å². The largest absolute Gasteiger partial charge is 0.460 e. The maximum absolute atomic E-state index is 15.7. The number of benzene rings is 5. The van der Waals surface area contributed by atoms with Crippen molar-refractivity contribution in [1.82, 2.24) is 34.9 Å². The van der Waals surface area contributed by atoms with Crippen LogP contribution in [0.5, 0.6) is 0 Å². The van der Waals surface area contributed by atoms with E-state index in [1.54, 1.807) is 84.9 Å². The van der Waals surface area contributed by atoms with Crippen LogP contribution in [0.4, 0.5) is 114 Å². The van der Waals surface area contributed by atoms with Gasteiger partial charge in [-0.1, -0.05) is 48.5 Å². The number of halogens is 26. The number of aromatic nitrogens is 7. The smallest absolute Gasteiger partial charge is 0.456 e. The first kappa shape index (κ1) is 60.4. The molecule has 0 saturated heterocycles. The third-order valence-electron chi connectivity index (χ3n) is 13.2. The molecular formula is C51H19F26N7O2. The SMILES string of the molecule is FC(F)(F)C(F)(F)C(F)(F)C(F)(F)C(F)(F)C(F)(F)c1nc(-c2ccc3cc(-c4nc(-c5ccc6oc7ccccc7c6c5)nc(-c5ccc6oc7ccccc7c6c5)n4)ncc3c2)nc(C(F)(F)C(F)(F)C(F)(F)C(F)(F)C(F)(F)C(F)(F)F)n1. The molecule has 0 unspecified atom stereocenters. The van der Waals surface area contributed by atoms with Gasteiger partial charge in [-0.15, -0.1) is 0 Å². The minimum atomic E-state index is -8.85. The maximum Gasteiger partial charge on any atom is 0.460 e. The van der Waals surface area contributed by atoms with Crippen molar-refractivity contribution in [3.8, 4) is 45.7 Å². The summed E-state index contributed by atoms with van der Waals surface area (Å²) in [6.45, 7) is 0. The highest BCUT2D eigenvalue weighted by atomic mass is 19.4. The van der Waals surface area contributed by atoms with Crippen molar-refractivity contribution in [2.24, 2.45) is 0 Å². The van der Waals surface area contributed by atoms with Crippen LogP contribution in [0.3, 0.4) is 0 Å². The van der Waals surface area contributed by atoms with E-state index in [9.17, 15) is 79.0 Å². The predicted octanol–water partition coefficient (Wildman–Crippen LogP) is 17.5. The van der Waals surface area contributed by atoms with E-state index in [1.165, 1.54) is 4.98 Å². The van der Waals surface area contributed by atoms with Crippen molar-refractivity contribution in [2.75, 3.05) is 0 Å². The van der Waals surface area contributed by atoms with Gasteiger partial charge in [-0.2, -0.15) is 114 Å². The number of fused-ring (bicyclic) bond motifs is 7. The maximum atomic E-state index is 15.7. The van der Waals surface area contributed by atoms with Crippen LogP contribution in [0.1, 0.15) is 11.6 Å².